The lowest BCUT2D eigenvalue weighted by molar-refractivity contribution is -0.385. The maximum Gasteiger partial charge on any atom is 0.336 e. The van der Waals surface area contributed by atoms with Crippen LogP contribution in [0.4, 0.5) is 11.5 Å². The molecule has 0 radical (unpaired) electrons. The van der Waals surface area contributed by atoms with Crippen LogP contribution in [0.25, 0.3) is 11.3 Å². The zero-order valence-electron chi connectivity index (χ0n) is 16.5. The second kappa shape index (κ2) is 7.82. The van der Waals surface area contributed by atoms with Crippen LogP contribution in [-0.2, 0) is 9.53 Å². The summed E-state index contributed by atoms with van der Waals surface area (Å²) in [6, 6.07) is 16.0. The highest BCUT2D eigenvalue weighted by Gasteiger charge is 2.39. The number of carbonyl (C=O) groups excluding carboxylic acids is 1. The summed E-state index contributed by atoms with van der Waals surface area (Å²) in [4.78, 5) is 24.3. The number of anilines is 1. The number of nitro groups is 1. The molecule has 152 valence electrons. The van der Waals surface area contributed by atoms with Gasteiger partial charge in [0.2, 0.25) is 0 Å². The number of ether oxygens (including phenoxy) is 1. The van der Waals surface area contributed by atoms with Crippen molar-refractivity contribution >= 4 is 17.5 Å². The molecule has 1 aliphatic heterocycles. The van der Waals surface area contributed by atoms with Crippen molar-refractivity contribution in [1.82, 2.24) is 10.2 Å². The zero-order chi connectivity index (χ0) is 21.3. The van der Waals surface area contributed by atoms with Gasteiger partial charge in [0.15, 0.2) is 5.82 Å². The number of para-hydroxylation sites is 1. The van der Waals surface area contributed by atoms with Gasteiger partial charge < -0.3 is 10.1 Å². The number of carbonyl (C=O) groups is 1. The molecule has 1 unspecified atom stereocenters. The van der Waals surface area contributed by atoms with Crippen LogP contribution in [0, 0.1) is 10.1 Å². The molecule has 0 amide bonds. The molecule has 0 fully saturated rings. The van der Waals surface area contributed by atoms with Gasteiger partial charge in [0.1, 0.15) is 0 Å². The van der Waals surface area contributed by atoms with E-state index in [0.29, 0.717) is 33.9 Å². The van der Waals surface area contributed by atoms with E-state index in [4.69, 9.17) is 4.74 Å². The second-order valence-electron chi connectivity index (χ2n) is 6.86. The summed E-state index contributed by atoms with van der Waals surface area (Å²) in [5.74, 6) is -0.699. The number of nitro benzene ring substituents is 1. The maximum absolute atomic E-state index is 12.9. The molecule has 8 nitrogen and oxygen atoms in total. The highest BCUT2D eigenvalue weighted by atomic mass is 16.6. The first kappa shape index (κ1) is 19.4. The Morgan fingerprint density at radius 1 is 1.17 bits per heavy atom. The predicted molar refractivity (Wildman–Crippen MR) is 112 cm³/mol. The summed E-state index contributed by atoms with van der Waals surface area (Å²) in [5, 5.41) is 22.4. The molecule has 2 aromatic carbocycles. The summed E-state index contributed by atoms with van der Waals surface area (Å²) in [6.45, 7) is 3.67. The van der Waals surface area contributed by atoms with Crippen LogP contribution in [0.2, 0.25) is 0 Å². The second-order valence-corrected chi connectivity index (χ2v) is 6.86. The number of H-pyrrole nitrogens is 1. The first-order valence-corrected chi connectivity index (χ1v) is 9.54. The Kier molecular flexibility index (Phi) is 5.05. The standard InChI is InChI=1S/C22H20N4O4/c1-3-30-22(27)17-13(2)23-21-19(20(24-25-21)14-9-5-4-6-10-14)18(17)15-11-7-8-12-16(15)26(28)29/h4-12,18H,3H2,1-2H3,(H2,23,24,25). The first-order chi connectivity index (χ1) is 14.5. The van der Waals surface area contributed by atoms with Gasteiger partial charge in [-0.15, -0.1) is 0 Å². The van der Waals surface area contributed by atoms with Crippen LogP contribution in [0.5, 0.6) is 0 Å². The molecular formula is C22H20N4O4. The molecule has 2 heterocycles. The molecule has 8 heteroatoms. The third-order valence-corrected chi connectivity index (χ3v) is 5.09. The lowest BCUT2D eigenvalue weighted by Gasteiger charge is -2.27. The van der Waals surface area contributed by atoms with Gasteiger partial charge in [0.25, 0.3) is 5.69 Å². The summed E-state index contributed by atoms with van der Waals surface area (Å²) in [5.41, 5.74) is 3.45. The fraction of sp³-hybridized carbons (Fsp3) is 0.182. The molecule has 1 aliphatic rings. The van der Waals surface area contributed by atoms with Crippen LogP contribution >= 0.6 is 0 Å². The van der Waals surface area contributed by atoms with E-state index in [1.165, 1.54) is 6.07 Å². The van der Waals surface area contributed by atoms with E-state index in [2.05, 4.69) is 15.5 Å². The molecule has 3 aromatic rings. The molecular weight excluding hydrogens is 384 g/mol. The quantitative estimate of drug-likeness (QED) is 0.371. The van der Waals surface area contributed by atoms with E-state index < -0.39 is 16.8 Å². The number of rotatable bonds is 5. The smallest absolute Gasteiger partial charge is 0.336 e. The normalized spacial score (nSPS) is 15.3. The summed E-state index contributed by atoms with van der Waals surface area (Å²) >= 11 is 0. The highest BCUT2D eigenvalue weighted by Crippen LogP contribution is 2.47. The number of fused-ring (bicyclic) bond motifs is 1. The van der Waals surface area contributed by atoms with E-state index in [1.54, 1.807) is 32.0 Å². The summed E-state index contributed by atoms with van der Waals surface area (Å²) in [7, 11) is 0. The maximum atomic E-state index is 12.9. The Balaban J connectivity index is 2.00. The van der Waals surface area contributed by atoms with E-state index in [0.717, 1.165) is 5.56 Å². The van der Waals surface area contributed by atoms with Gasteiger partial charge in [-0.25, -0.2) is 4.79 Å². The van der Waals surface area contributed by atoms with Crippen LogP contribution < -0.4 is 5.32 Å². The van der Waals surface area contributed by atoms with E-state index in [1.807, 2.05) is 30.3 Å². The van der Waals surface area contributed by atoms with Crippen LogP contribution in [0.1, 0.15) is 30.9 Å². The van der Waals surface area contributed by atoms with Gasteiger partial charge in [-0.3, -0.25) is 15.2 Å². The summed E-state index contributed by atoms with van der Waals surface area (Å²) < 4.78 is 5.30. The fourth-order valence-electron chi connectivity index (χ4n) is 3.85. The van der Waals surface area contributed by atoms with Gasteiger partial charge in [0, 0.05) is 22.9 Å². The monoisotopic (exact) mass is 404 g/mol. The van der Waals surface area contributed by atoms with Crippen LogP contribution in [0.3, 0.4) is 0 Å². The number of aromatic amines is 1. The minimum absolute atomic E-state index is 0.0647. The number of nitrogens with zero attached hydrogens (tertiary/aromatic N) is 2. The molecule has 2 N–H and O–H groups in total. The third-order valence-electron chi connectivity index (χ3n) is 5.09. The Morgan fingerprint density at radius 3 is 2.57 bits per heavy atom. The van der Waals surface area contributed by atoms with Crippen molar-refractivity contribution in [2.24, 2.45) is 0 Å². The largest absolute Gasteiger partial charge is 0.463 e. The van der Waals surface area contributed by atoms with Crippen molar-refractivity contribution in [3.63, 3.8) is 0 Å². The molecule has 1 aromatic heterocycles. The van der Waals surface area contributed by atoms with Crippen molar-refractivity contribution < 1.29 is 14.5 Å². The Labute approximate surface area is 172 Å². The molecule has 0 bridgehead atoms. The lowest BCUT2D eigenvalue weighted by Crippen LogP contribution is -2.25. The zero-order valence-corrected chi connectivity index (χ0v) is 16.5. The Hall–Kier alpha value is -3.94. The number of allylic oxidation sites excluding steroid dienone is 1. The molecule has 0 aliphatic carbocycles. The number of esters is 1. The molecule has 30 heavy (non-hydrogen) atoms. The van der Waals surface area contributed by atoms with Crippen LogP contribution in [-0.4, -0.2) is 27.7 Å². The number of hydrogen-bond donors (Lipinski definition) is 2. The van der Waals surface area contributed by atoms with E-state index >= 15 is 0 Å². The van der Waals surface area contributed by atoms with Gasteiger partial charge in [0.05, 0.1) is 28.7 Å². The van der Waals surface area contributed by atoms with Crippen molar-refractivity contribution in [2.75, 3.05) is 11.9 Å². The first-order valence-electron chi connectivity index (χ1n) is 9.54. The Morgan fingerprint density at radius 2 is 1.87 bits per heavy atom. The van der Waals surface area contributed by atoms with E-state index in [9.17, 15) is 14.9 Å². The van der Waals surface area contributed by atoms with Crippen molar-refractivity contribution in [3.8, 4) is 11.3 Å². The molecule has 4 rings (SSSR count). The molecule has 1 atom stereocenters. The summed E-state index contributed by atoms with van der Waals surface area (Å²) in [6.07, 6.45) is 0. The molecule has 0 saturated heterocycles. The minimum atomic E-state index is -0.712. The van der Waals surface area contributed by atoms with Gasteiger partial charge in [-0.2, -0.15) is 5.10 Å². The topological polar surface area (TPSA) is 110 Å². The fourth-order valence-corrected chi connectivity index (χ4v) is 3.85. The van der Waals surface area contributed by atoms with Crippen molar-refractivity contribution in [3.05, 3.63) is 87.1 Å². The highest BCUT2D eigenvalue weighted by molar-refractivity contribution is 5.96. The SMILES string of the molecule is CCOC(=O)C1=C(C)Nc2n[nH]c(-c3ccccc3)c2C1c1ccccc1[N+](=O)[O-]. The van der Waals surface area contributed by atoms with E-state index in [-0.39, 0.29) is 12.3 Å². The number of benzene rings is 2. The number of aromatic nitrogens is 2. The van der Waals surface area contributed by atoms with Crippen LogP contribution in [0.15, 0.2) is 65.9 Å². The van der Waals surface area contributed by atoms with Crippen molar-refractivity contribution in [1.29, 1.82) is 0 Å². The Bertz CT molecular complexity index is 1150. The van der Waals surface area contributed by atoms with Gasteiger partial charge in [-0.1, -0.05) is 48.5 Å². The predicted octanol–water partition coefficient (Wildman–Crippen LogP) is 4.38. The lowest BCUT2D eigenvalue weighted by atomic mass is 9.80. The minimum Gasteiger partial charge on any atom is -0.463 e. The average Bonchev–Trinajstić information content (AvgIpc) is 3.17. The van der Waals surface area contributed by atoms with Crippen molar-refractivity contribution in [2.45, 2.75) is 19.8 Å². The molecule has 0 saturated carbocycles. The van der Waals surface area contributed by atoms with Gasteiger partial charge in [-0.05, 0) is 19.4 Å². The molecule has 0 spiro atoms. The number of hydrogen-bond acceptors (Lipinski definition) is 6. The van der Waals surface area contributed by atoms with Gasteiger partial charge >= 0.3 is 5.97 Å². The third kappa shape index (κ3) is 3.22. The number of nitrogens with one attached hydrogen (secondary N) is 2. The average molecular weight is 404 g/mol.